The fourth-order valence-electron chi connectivity index (χ4n) is 3.74. The predicted octanol–water partition coefficient (Wildman–Crippen LogP) is 4.88. The Bertz CT molecular complexity index is 1180. The summed E-state index contributed by atoms with van der Waals surface area (Å²) in [7, 11) is 0. The maximum absolute atomic E-state index is 14.5. The Labute approximate surface area is 186 Å². The number of primary amides is 1. The molecule has 0 aliphatic carbocycles. The van der Waals surface area contributed by atoms with Crippen LogP contribution < -0.4 is 21.3 Å². The summed E-state index contributed by atoms with van der Waals surface area (Å²) in [5.41, 5.74) is 9.61. The maximum Gasteiger partial charge on any atom is 0.254 e. The molecule has 3 aromatic rings. The second-order valence-electron chi connectivity index (χ2n) is 7.57. The minimum atomic E-state index is -0.659. The molecule has 1 aliphatic heterocycles. The van der Waals surface area contributed by atoms with Crippen molar-refractivity contribution in [2.24, 2.45) is 5.73 Å². The van der Waals surface area contributed by atoms with Crippen molar-refractivity contribution in [3.8, 4) is 0 Å². The van der Waals surface area contributed by atoms with Gasteiger partial charge in [-0.15, -0.1) is 0 Å². The van der Waals surface area contributed by atoms with E-state index in [0.717, 1.165) is 48.4 Å². The summed E-state index contributed by atoms with van der Waals surface area (Å²) in [6.07, 6.45) is 4.07. The zero-order valence-corrected chi connectivity index (χ0v) is 17.9. The molecular formula is C24H25FN6O. The van der Waals surface area contributed by atoms with Crippen molar-refractivity contribution in [1.82, 2.24) is 9.97 Å². The van der Waals surface area contributed by atoms with E-state index in [4.69, 9.17) is 5.73 Å². The summed E-state index contributed by atoms with van der Waals surface area (Å²) in [5, 5.41) is 6.10. The first-order valence-corrected chi connectivity index (χ1v) is 10.5. The third kappa shape index (κ3) is 4.39. The maximum atomic E-state index is 14.5. The van der Waals surface area contributed by atoms with Crippen LogP contribution in [0.15, 0.2) is 60.9 Å². The van der Waals surface area contributed by atoms with E-state index in [0.29, 0.717) is 0 Å². The van der Waals surface area contributed by atoms with Gasteiger partial charge in [0, 0.05) is 29.8 Å². The molecule has 1 amide bonds. The highest BCUT2D eigenvalue weighted by Crippen LogP contribution is 2.31. The van der Waals surface area contributed by atoms with Crippen LogP contribution in [-0.2, 0) is 6.42 Å². The first kappa shape index (κ1) is 21.3. The van der Waals surface area contributed by atoms with Crippen LogP contribution in [0.2, 0.25) is 0 Å². The molecule has 1 saturated heterocycles. The number of nitrogens with zero attached hydrogens (tertiary/aromatic N) is 3. The Morgan fingerprint density at radius 3 is 2.75 bits per heavy atom. The van der Waals surface area contributed by atoms with Gasteiger partial charge in [0.2, 0.25) is 5.95 Å². The lowest BCUT2D eigenvalue weighted by molar-refractivity contribution is 0.100. The number of rotatable bonds is 7. The summed E-state index contributed by atoms with van der Waals surface area (Å²) in [4.78, 5) is 22.6. The molecule has 2 aromatic carbocycles. The number of halogens is 1. The summed E-state index contributed by atoms with van der Waals surface area (Å²) in [6.45, 7) is 6.96. The standard InChI is InChI=1S/C24H25FN6O/c1-3-16-8-4-5-9-20(16)28-23-18(22(26)32)14-27-24(30-23)29-21-13-17(10-11-19(21)25)31-12-6-7-15(31)2/h4-5,8-11,13-14H,2-3,6-7,12H2,1H3,(H2,26,32)(H2,27,28,29,30). The van der Waals surface area contributed by atoms with E-state index in [1.165, 1.54) is 12.3 Å². The molecule has 1 aliphatic rings. The Morgan fingerprint density at radius 1 is 1.22 bits per heavy atom. The Balaban J connectivity index is 1.66. The van der Waals surface area contributed by atoms with Gasteiger partial charge in [-0.2, -0.15) is 4.98 Å². The quantitative estimate of drug-likeness (QED) is 0.493. The first-order chi connectivity index (χ1) is 15.5. The van der Waals surface area contributed by atoms with Crippen LogP contribution in [0, 0.1) is 5.82 Å². The number of hydrogen-bond donors (Lipinski definition) is 3. The van der Waals surface area contributed by atoms with E-state index in [9.17, 15) is 9.18 Å². The van der Waals surface area contributed by atoms with Gasteiger partial charge in [-0.25, -0.2) is 9.37 Å². The third-order valence-corrected chi connectivity index (χ3v) is 5.44. The molecule has 2 heterocycles. The molecule has 4 N–H and O–H groups in total. The van der Waals surface area contributed by atoms with Crippen LogP contribution >= 0.6 is 0 Å². The van der Waals surface area contributed by atoms with E-state index in [2.05, 4.69) is 32.1 Å². The molecule has 0 saturated carbocycles. The highest BCUT2D eigenvalue weighted by atomic mass is 19.1. The lowest BCUT2D eigenvalue weighted by Gasteiger charge is -2.20. The van der Waals surface area contributed by atoms with Gasteiger partial charge in [0.1, 0.15) is 17.2 Å². The van der Waals surface area contributed by atoms with Gasteiger partial charge in [0.25, 0.3) is 5.91 Å². The number of carbonyl (C=O) groups is 1. The monoisotopic (exact) mass is 432 g/mol. The minimum Gasteiger partial charge on any atom is -0.365 e. The zero-order valence-electron chi connectivity index (χ0n) is 17.9. The summed E-state index contributed by atoms with van der Waals surface area (Å²) < 4.78 is 14.5. The average Bonchev–Trinajstić information content (AvgIpc) is 3.21. The molecule has 32 heavy (non-hydrogen) atoms. The number of allylic oxidation sites excluding steroid dienone is 1. The van der Waals surface area contributed by atoms with Crippen molar-refractivity contribution >= 4 is 34.7 Å². The number of aryl methyl sites for hydroxylation is 1. The van der Waals surface area contributed by atoms with Crippen LogP contribution in [0.3, 0.4) is 0 Å². The third-order valence-electron chi connectivity index (χ3n) is 5.44. The van der Waals surface area contributed by atoms with Crippen LogP contribution in [-0.4, -0.2) is 22.4 Å². The molecule has 164 valence electrons. The van der Waals surface area contributed by atoms with E-state index in [1.807, 2.05) is 31.2 Å². The summed E-state index contributed by atoms with van der Waals surface area (Å²) >= 11 is 0. The van der Waals surface area contributed by atoms with Crippen molar-refractivity contribution in [2.75, 3.05) is 22.1 Å². The number of hydrogen-bond acceptors (Lipinski definition) is 6. The molecule has 0 bridgehead atoms. The number of amides is 1. The van der Waals surface area contributed by atoms with Gasteiger partial charge in [0.15, 0.2) is 0 Å². The van der Waals surface area contributed by atoms with Crippen LogP contribution in [0.25, 0.3) is 0 Å². The van der Waals surface area contributed by atoms with E-state index >= 15 is 0 Å². The molecule has 0 atom stereocenters. The molecule has 0 spiro atoms. The number of nitrogens with one attached hydrogen (secondary N) is 2. The minimum absolute atomic E-state index is 0.141. The molecule has 8 heteroatoms. The number of benzene rings is 2. The summed E-state index contributed by atoms with van der Waals surface area (Å²) in [6, 6.07) is 12.5. The van der Waals surface area contributed by atoms with Crippen molar-refractivity contribution in [3.05, 3.63) is 77.9 Å². The van der Waals surface area contributed by atoms with E-state index < -0.39 is 11.7 Å². The molecule has 1 fully saturated rings. The highest BCUT2D eigenvalue weighted by molar-refractivity contribution is 5.98. The molecule has 0 unspecified atom stereocenters. The molecule has 4 rings (SSSR count). The normalized spacial score (nSPS) is 13.3. The SMILES string of the molecule is C=C1CCCN1c1ccc(F)c(Nc2ncc(C(N)=O)c(Nc3ccccc3CC)n2)c1. The second-order valence-corrected chi connectivity index (χ2v) is 7.57. The predicted molar refractivity (Wildman–Crippen MR) is 125 cm³/mol. The van der Waals surface area contributed by atoms with Crippen molar-refractivity contribution in [1.29, 1.82) is 0 Å². The van der Waals surface area contributed by atoms with E-state index in [1.54, 1.807) is 12.1 Å². The highest BCUT2D eigenvalue weighted by Gasteiger charge is 2.19. The molecular weight excluding hydrogens is 407 g/mol. The number of para-hydroxylation sites is 1. The van der Waals surface area contributed by atoms with Crippen molar-refractivity contribution < 1.29 is 9.18 Å². The molecule has 1 aromatic heterocycles. The van der Waals surface area contributed by atoms with Gasteiger partial charge >= 0.3 is 0 Å². The van der Waals surface area contributed by atoms with Gasteiger partial charge in [-0.05, 0) is 49.1 Å². The largest absolute Gasteiger partial charge is 0.365 e. The van der Waals surface area contributed by atoms with Crippen molar-refractivity contribution in [2.45, 2.75) is 26.2 Å². The average molecular weight is 433 g/mol. The fraction of sp³-hybridized carbons (Fsp3) is 0.208. The van der Waals surface area contributed by atoms with E-state index in [-0.39, 0.29) is 23.0 Å². The lowest BCUT2D eigenvalue weighted by Crippen LogP contribution is -2.17. The molecule has 0 radical (unpaired) electrons. The van der Waals surface area contributed by atoms with Crippen LogP contribution in [0.1, 0.15) is 35.7 Å². The van der Waals surface area contributed by atoms with Gasteiger partial charge in [0.05, 0.1) is 5.69 Å². The number of anilines is 5. The van der Waals surface area contributed by atoms with Gasteiger partial charge < -0.3 is 21.3 Å². The fourth-order valence-corrected chi connectivity index (χ4v) is 3.74. The number of aromatic nitrogens is 2. The summed E-state index contributed by atoms with van der Waals surface area (Å²) in [5.74, 6) is -0.705. The smallest absolute Gasteiger partial charge is 0.254 e. The second kappa shape index (κ2) is 9.05. The Morgan fingerprint density at radius 2 is 2.03 bits per heavy atom. The van der Waals surface area contributed by atoms with Gasteiger partial charge in [-0.1, -0.05) is 31.7 Å². The zero-order chi connectivity index (χ0) is 22.7. The number of nitrogens with two attached hydrogens (primary N) is 1. The van der Waals surface area contributed by atoms with Crippen LogP contribution in [0.5, 0.6) is 0 Å². The van der Waals surface area contributed by atoms with Gasteiger partial charge in [-0.3, -0.25) is 4.79 Å². The topological polar surface area (TPSA) is 96.2 Å². The van der Waals surface area contributed by atoms with Crippen LogP contribution in [0.4, 0.5) is 33.2 Å². The first-order valence-electron chi connectivity index (χ1n) is 10.5. The van der Waals surface area contributed by atoms with Crippen molar-refractivity contribution in [3.63, 3.8) is 0 Å². The molecule has 7 nitrogen and oxygen atoms in total. The lowest BCUT2D eigenvalue weighted by atomic mass is 10.1. The Kier molecular flexibility index (Phi) is 6.02. The number of carbonyl (C=O) groups excluding carboxylic acids is 1. The Hall–Kier alpha value is -3.94.